The van der Waals surface area contributed by atoms with E-state index in [2.05, 4.69) is 4.83 Å². The number of hydrogen-bond donors (Lipinski definition) is 2. The molecule has 3 aliphatic rings. The van der Waals surface area contributed by atoms with Gasteiger partial charge in [-0.1, -0.05) is 29.8 Å². The van der Waals surface area contributed by atoms with Gasteiger partial charge in [0.05, 0.1) is 4.90 Å². The van der Waals surface area contributed by atoms with Crippen LogP contribution in [0, 0.1) is 6.92 Å². The molecule has 0 amide bonds. The molecule has 0 unspecified atom stereocenters. The third-order valence-electron chi connectivity index (χ3n) is 6.74. The van der Waals surface area contributed by atoms with Gasteiger partial charge in [-0.05, 0) is 62.4 Å². The van der Waals surface area contributed by atoms with Gasteiger partial charge in [0, 0.05) is 41.3 Å². The molecule has 176 valence electrons. The van der Waals surface area contributed by atoms with Crippen LogP contribution in [0.1, 0.15) is 55.6 Å². The minimum absolute atomic E-state index is 0.0798. The van der Waals surface area contributed by atoms with Crippen LogP contribution in [0.3, 0.4) is 0 Å². The number of nitrogens with zero attached hydrogens (tertiary/aromatic N) is 1. The number of phenols is 1. The summed E-state index contributed by atoms with van der Waals surface area (Å²) in [5.41, 5.74) is 3.84. The second-order valence-electron chi connectivity index (χ2n) is 9.04. The van der Waals surface area contributed by atoms with E-state index in [0.717, 1.165) is 11.1 Å². The van der Waals surface area contributed by atoms with Crippen molar-refractivity contribution in [3.8, 4) is 5.75 Å². The molecule has 0 saturated heterocycles. The summed E-state index contributed by atoms with van der Waals surface area (Å²) < 4.78 is 26.6. The molecule has 0 radical (unpaired) electrons. The molecule has 7 nitrogen and oxygen atoms in total. The Morgan fingerprint density at radius 2 is 1.35 bits per heavy atom. The monoisotopic (exact) mass is 478 g/mol. The van der Waals surface area contributed by atoms with Gasteiger partial charge < -0.3 is 5.11 Å². The first-order valence-electron chi connectivity index (χ1n) is 11.5. The molecule has 0 spiro atoms. The zero-order valence-electron chi connectivity index (χ0n) is 18.9. The molecule has 8 heteroatoms. The smallest absolute Gasteiger partial charge is 0.257 e. The van der Waals surface area contributed by atoms with E-state index in [1.165, 1.54) is 5.01 Å². The third-order valence-corrected chi connectivity index (χ3v) is 8.06. The normalized spacial score (nSPS) is 19.4. The second kappa shape index (κ2) is 8.52. The number of carbonyl (C=O) groups excluding carboxylic acids is 2. The highest BCUT2D eigenvalue weighted by Gasteiger charge is 2.44. The Morgan fingerprint density at radius 1 is 0.824 bits per heavy atom. The molecule has 2 aromatic carbocycles. The Balaban J connectivity index is 1.68. The summed E-state index contributed by atoms with van der Waals surface area (Å²) in [5.74, 6) is -0.626. The maximum atomic E-state index is 13.3. The number of hydrogen-bond acceptors (Lipinski definition) is 6. The molecule has 1 heterocycles. The topological polar surface area (TPSA) is 104 Å². The first-order valence-corrected chi connectivity index (χ1v) is 13.0. The van der Waals surface area contributed by atoms with Crippen molar-refractivity contribution in [2.45, 2.75) is 56.3 Å². The summed E-state index contributed by atoms with van der Waals surface area (Å²) >= 11 is 0. The van der Waals surface area contributed by atoms with Crippen LogP contribution in [0.4, 0.5) is 0 Å². The van der Waals surface area contributed by atoms with Gasteiger partial charge in [0.25, 0.3) is 10.0 Å². The number of aryl methyl sites for hydroxylation is 1. The average molecular weight is 479 g/mol. The third kappa shape index (κ3) is 3.86. The largest absolute Gasteiger partial charge is 0.508 e. The minimum Gasteiger partial charge on any atom is -0.508 e. The van der Waals surface area contributed by atoms with Gasteiger partial charge in [-0.25, -0.2) is 8.42 Å². The van der Waals surface area contributed by atoms with Crippen molar-refractivity contribution < 1.29 is 23.1 Å². The number of carbonyl (C=O) groups is 2. The zero-order valence-corrected chi connectivity index (χ0v) is 19.7. The molecule has 0 atom stereocenters. The number of benzene rings is 2. The predicted octanol–water partition coefficient (Wildman–Crippen LogP) is 4.01. The van der Waals surface area contributed by atoms with Crippen molar-refractivity contribution in [3.05, 3.63) is 82.2 Å². The van der Waals surface area contributed by atoms with Crippen LogP contribution in [0.25, 0.3) is 0 Å². The van der Waals surface area contributed by atoms with E-state index in [0.29, 0.717) is 61.1 Å². The molecule has 34 heavy (non-hydrogen) atoms. The fraction of sp³-hybridized carbons (Fsp3) is 0.308. The lowest BCUT2D eigenvalue weighted by Gasteiger charge is -2.43. The van der Waals surface area contributed by atoms with Crippen LogP contribution in [-0.4, -0.2) is 30.1 Å². The summed E-state index contributed by atoms with van der Waals surface area (Å²) in [6.45, 7) is 1.88. The van der Waals surface area contributed by atoms with E-state index >= 15 is 0 Å². The van der Waals surface area contributed by atoms with Crippen molar-refractivity contribution in [1.29, 1.82) is 0 Å². The van der Waals surface area contributed by atoms with Gasteiger partial charge in [-0.2, -0.15) is 0 Å². The maximum Gasteiger partial charge on any atom is 0.257 e. The number of nitrogens with one attached hydrogen (secondary N) is 1. The molecular formula is C26H26N2O5S. The molecule has 0 saturated carbocycles. The molecule has 0 fully saturated rings. The lowest BCUT2D eigenvalue weighted by atomic mass is 9.71. The molecular weight excluding hydrogens is 452 g/mol. The van der Waals surface area contributed by atoms with Crippen molar-refractivity contribution >= 4 is 21.6 Å². The number of sulfonamides is 1. The van der Waals surface area contributed by atoms with Gasteiger partial charge >= 0.3 is 0 Å². The van der Waals surface area contributed by atoms with Gasteiger partial charge in [0.2, 0.25) is 0 Å². The lowest BCUT2D eigenvalue weighted by Crippen LogP contribution is -2.47. The van der Waals surface area contributed by atoms with Crippen molar-refractivity contribution in [2.75, 3.05) is 0 Å². The fourth-order valence-corrected chi connectivity index (χ4v) is 6.18. The number of aromatic hydroxyl groups is 1. The molecule has 2 N–H and O–H groups in total. The molecule has 5 rings (SSSR count). The van der Waals surface area contributed by atoms with Crippen LogP contribution < -0.4 is 4.83 Å². The highest BCUT2D eigenvalue weighted by atomic mass is 32.2. The fourth-order valence-electron chi connectivity index (χ4n) is 5.12. The molecule has 0 bridgehead atoms. The second-order valence-corrected chi connectivity index (χ2v) is 10.7. The number of hydrazine groups is 1. The van der Waals surface area contributed by atoms with E-state index in [1.807, 2.05) is 6.92 Å². The summed E-state index contributed by atoms with van der Waals surface area (Å²) in [6.07, 6.45) is 2.97. The number of allylic oxidation sites excluding steroid dienone is 4. The average Bonchev–Trinajstić information content (AvgIpc) is 2.81. The minimum atomic E-state index is -3.95. The Labute approximate surface area is 198 Å². The molecule has 2 aliphatic carbocycles. The first-order chi connectivity index (χ1) is 16.3. The standard InChI is InChI=1S/C26H26N2O5S/c1-16-8-14-19(15-9-16)34(32,33)27-28-20-4-2-6-22(30)25(20)24(17-10-12-18(29)13-11-17)26-21(28)5-3-7-23(26)31/h8-15,24,27,29H,2-7H2,1H3. The zero-order chi connectivity index (χ0) is 24.0. The highest BCUT2D eigenvalue weighted by Crippen LogP contribution is 2.48. The van der Waals surface area contributed by atoms with Gasteiger partial charge in [0.15, 0.2) is 11.6 Å². The Hall–Kier alpha value is -3.23. The molecule has 0 aromatic heterocycles. The van der Waals surface area contributed by atoms with E-state index in [-0.39, 0.29) is 22.2 Å². The van der Waals surface area contributed by atoms with Crippen molar-refractivity contribution in [1.82, 2.24) is 9.84 Å². The highest BCUT2D eigenvalue weighted by molar-refractivity contribution is 7.89. The Kier molecular flexibility index (Phi) is 5.65. The maximum absolute atomic E-state index is 13.3. The number of ketones is 2. The number of Topliss-reactive ketones (excluding diaryl/α,β-unsaturated/α-hetero) is 2. The SMILES string of the molecule is Cc1ccc(S(=O)(=O)NN2C3=C(C(=O)CCC3)C(c3ccc(O)cc3)C3=C2CCCC3=O)cc1. The van der Waals surface area contributed by atoms with E-state index in [4.69, 9.17) is 0 Å². The van der Waals surface area contributed by atoms with Gasteiger partial charge in [-0.15, -0.1) is 4.83 Å². The molecule has 1 aliphatic heterocycles. The van der Waals surface area contributed by atoms with E-state index in [9.17, 15) is 23.1 Å². The number of rotatable bonds is 4. The van der Waals surface area contributed by atoms with Crippen LogP contribution >= 0.6 is 0 Å². The Bertz CT molecular complexity index is 1290. The summed E-state index contributed by atoms with van der Waals surface area (Å²) in [7, 11) is -3.95. The first kappa shape index (κ1) is 22.6. The van der Waals surface area contributed by atoms with Crippen LogP contribution in [0.15, 0.2) is 76.0 Å². The lowest BCUT2D eigenvalue weighted by molar-refractivity contribution is -0.117. The van der Waals surface area contributed by atoms with Crippen LogP contribution in [-0.2, 0) is 19.6 Å². The quantitative estimate of drug-likeness (QED) is 0.688. The molecule has 2 aromatic rings. The van der Waals surface area contributed by atoms with Crippen LogP contribution in [0.2, 0.25) is 0 Å². The van der Waals surface area contributed by atoms with Crippen LogP contribution in [0.5, 0.6) is 5.75 Å². The summed E-state index contributed by atoms with van der Waals surface area (Å²) in [6, 6.07) is 13.1. The van der Waals surface area contributed by atoms with Crippen molar-refractivity contribution in [3.63, 3.8) is 0 Å². The van der Waals surface area contributed by atoms with E-state index < -0.39 is 15.9 Å². The van der Waals surface area contributed by atoms with Gasteiger partial charge in [0.1, 0.15) is 5.75 Å². The number of phenolic OH excluding ortho intramolecular Hbond substituents is 1. The summed E-state index contributed by atoms with van der Waals surface area (Å²) in [5, 5.41) is 11.3. The van der Waals surface area contributed by atoms with E-state index in [1.54, 1.807) is 48.5 Å². The summed E-state index contributed by atoms with van der Waals surface area (Å²) in [4.78, 5) is 29.3. The Morgan fingerprint density at radius 3 is 1.88 bits per heavy atom. The van der Waals surface area contributed by atoms with Crippen molar-refractivity contribution in [2.24, 2.45) is 0 Å². The van der Waals surface area contributed by atoms with Gasteiger partial charge in [-0.3, -0.25) is 14.6 Å². The predicted molar refractivity (Wildman–Crippen MR) is 126 cm³/mol.